The molecule has 0 bridgehead atoms. The van der Waals surface area contributed by atoms with Crippen molar-refractivity contribution >= 4 is 34.3 Å². The minimum Gasteiger partial charge on any atom is -0.493 e. The van der Waals surface area contributed by atoms with Crippen molar-refractivity contribution in [2.45, 2.75) is 13.0 Å². The van der Waals surface area contributed by atoms with E-state index in [2.05, 4.69) is 10.3 Å². The third-order valence-electron chi connectivity index (χ3n) is 5.39. The molecule has 8 nitrogen and oxygen atoms in total. The first-order chi connectivity index (χ1) is 17.4. The molecule has 0 aliphatic carbocycles. The third kappa shape index (κ3) is 5.52. The second-order valence-electron chi connectivity index (χ2n) is 7.87. The van der Waals surface area contributed by atoms with Crippen LogP contribution in [-0.2, 0) is 9.53 Å². The Balaban J connectivity index is 1.38. The summed E-state index contributed by atoms with van der Waals surface area (Å²) in [4.78, 5) is 40.7. The molecule has 0 aliphatic heterocycles. The van der Waals surface area contributed by atoms with Gasteiger partial charge in [-0.1, -0.05) is 18.2 Å². The number of carbonyl (C=O) groups is 3. The minimum absolute atomic E-state index is 0.147. The molecule has 0 unspecified atom stereocenters. The van der Waals surface area contributed by atoms with E-state index in [1.54, 1.807) is 6.20 Å². The summed E-state index contributed by atoms with van der Waals surface area (Å²) in [5, 5.41) is 3.33. The highest BCUT2D eigenvalue weighted by molar-refractivity contribution is 6.10. The highest BCUT2D eigenvalue weighted by atomic mass is 19.1. The molecule has 3 aromatic carbocycles. The van der Waals surface area contributed by atoms with Gasteiger partial charge in [-0.15, -0.1) is 0 Å². The molecule has 0 radical (unpaired) electrons. The van der Waals surface area contributed by atoms with Crippen molar-refractivity contribution in [1.82, 2.24) is 4.98 Å². The summed E-state index contributed by atoms with van der Waals surface area (Å²) in [5.41, 5.74) is 1.82. The number of ether oxygens (including phenoxy) is 3. The number of aromatic amines is 1. The predicted octanol–water partition coefficient (Wildman–Crippen LogP) is 4.76. The Kier molecular flexibility index (Phi) is 7.29. The van der Waals surface area contributed by atoms with Crippen molar-refractivity contribution in [2.24, 2.45) is 0 Å². The fourth-order valence-corrected chi connectivity index (χ4v) is 3.56. The number of benzene rings is 3. The predicted molar refractivity (Wildman–Crippen MR) is 131 cm³/mol. The van der Waals surface area contributed by atoms with E-state index in [0.717, 1.165) is 10.9 Å². The van der Waals surface area contributed by atoms with Crippen LogP contribution >= 0.6 is 0 Å². The van der Waals surface area contributed by atoms with Gasteiger partial charge in [0.15, 0.2) is 24.2 Å². The molecule has 0 aliphatic rings. The van der Waals surface area contributed by atoms with Crippen molar-refractivity contribution in [3.05, 3.63) is 89.9 Å². The lowest BCUT2D eigenvalue weighted by Crippen LogP contribution is -2.24. The average Bonchev–Trinajstić information content (AvgIpc) is 3.32. The second-order valence-corrected chi connectivity index (χ2v) is 7.87. The molecule has 184 valence electrons. The van der Waals surface area contributed by atoms with Gasteiger partial charge in [-0.25, -0.2) is 9.18 Å². The van der Waals surface area contributed by atoms with Crippen LogP contribution in [0.3, 0.4) is 0 Å². The third-order valence-corrected chi connectivity index (χ3v) is 5.39. The standard InChI is InChI=1S/C27H23FN2O6/c1-16(26(32)21-14-29-22-6-4-3-5-20(21)22)36-27(33)17-7-12-23(24(13-17)34-2)35-15-25(31)30-19-10-8-18(28)9-11-19/h3-14,16,29H,15H2,1-2H3,(H,30,31)/t16-/m0/s1. The number of halogens is 1. The number of hydrogen-bond donors (Lipinski definition) is 2. The van der Waals surface area contributed by atoms with Gasteiger partial charge in [-0.3, -0.25) is 9.59 Å². The maximum atomic E-state index is 13.0. The molecule has 0 spiro atoms. The maximum absolute atomic E-state index is 13.0. The number of Topliss-reactive ketones (excluding diaryl/α,β-unsaturated/α-hetero) is 1. The molecular weight excluding hydrogens is 467 g/mol. The summed E-state index contributed by atoms with van der Waals surface area (Å²) in [7, 11) is 1.39. The van der Waals surface area contributed by atoms with Gasteiger partial charge < -0.3 is 24.5 Å². The van der Waals surface area contributed by atoms with Crippen LogP contribution in [0.1, 0.15) is 27.6 Å². The zero-order valence-electron chi connectivity index (χ0n) is 19.5. The van der Waals surface area contributed by atoms with Crippen LogP contribution in [0, 0.1) is 5.82 Å². The summed E-state index contributed by atoms with van der Waals surface area (Å²) in [5.74, 6) is -1.49. The Labute approximate surface area is 206 Å². The van der Waals surface area contributed by atoms with Gasteiger partial charge in [0.2, 0.25) is 5.78 Å². The number of rotatable bonds is 9. The van der Waals surface area contributed by atoms with Gasteiger partial charge in [-0.2, -0.15) is 0 Å². The van der Waals surface area contributed by atoms with Crippen LogP contribution < -0.4 is 14.8 Å². The number of esters is 1. The Morgan fingerprint density at radius 1 is 1.00 bits per heavy atom. The van der Waals surface area contributed by atoms with Crippen molar-refractivity contribution in [1.29, 1.82) is 0 Å². The number of hydrogen-bond acceptors (Lipinski definition) is 6. The number of anilines is 1. The molecule has 1 atom stereocenters. The Bertz CT molecular complexity index is 1410. The molecule has 4 rings (SSSR count). The molecule has 0 saturated carbocycles. The number of fused-ring (bicyclic) bond motifs is 1. The Morgan fingerprint density at radius 3 is 2.50 bits per heavy atom. The lowest BCUT2D eigenvalue weighted by atomic mass is 10.1. The molecule has 1 amide bonds. The monoisotopic (exact) mass is 490 g/mol. The maximum Gasteiger partial charge on any atom is 0.338 e. The topological polar surface area (TPSA) is 107 Å². The molecule has 9 heteroatoms. The summed E-state index contributed by atoms with van der Waals surface area (Å²) in [6, 6.07) is 17.0. The average molecular weight is 490 g/mol. The number of carbonyl (C=O) groups excluding carboxylic acids is 3. The summed E-state index contributed by atoms with van der Waals surface area (Å²) >= 11 is 0. The lowest BCUT2D eigenvalue weighted by molar-refractivity contribution is -0.118. The van der Waals surface area contributed by atoms with Gasteiger partial charge in [0.1, 0.15) is 5.82 Å². The van der Waals surface area contributed by atoms with Gasteiger partial charge in [0.05, 0.1) is 12.7 Å². The normalized spacial score (nSPS) is 11.5. The van der Waals surface area contributed by atoms with Crippen LogP contribution in [0.5, 0.6) is 11.5 Å². The van der Waals surface area contributed by atoms with Crippen LogP contribution in [0.2, 0.25) is 0 Å². The zero-order chi connectivity index (χ0) is 25.7. The highest BCUT2D eigenvalue weighted by Gasteiger charge is 2.23. The van der Waals surface area contributed by atoms with Gasteiger partial charge in [0, 0.05) is 28.4 Å². The van der Waals surface area contributed by atoms with Crippen molar-refractivity contribution in [3.8, 4) is 11.5 Å². The molecular formula is C27H23FN2O6. The molecule has 36 heavy (non-hydrogen) atoms. The summed E-state index contributed by atoms with van der Waals surface area (Å²) in [6.45, 7) is 1.17. The van der Waals surface area contributed by atoms with E-state index in [0.29, 0.717) is 11.3 Å². The number of H-pyrrole nitrogens is 1. The van der Waals surface area contributed by atoms with E-state index in [4.69, 9.17) is 14.2 Å². The van der Waals surface area contributed by atoms with Crippen molar-refractivity contribution in [2.75, 3.05) is 19.0 Å². The van der Waals surface area contributed by atoms with Gasteiger partial charge >= 0.3 is 5.97 Å². The van der Waals surface area contributed by atoms with E-state index in [-0.39, 0.29) is 29.5 Å². The number of methoxy groups -OCH3 is 1. The van der Waals surface area contributed by atoms with E-state index >= 15 is 0 Å². The van der Waals surface area contributed by atoms with Crippen LogP contribution in [0.15, 0.2) is 72.9 Å². The van der Waals surface area contributed by atoms with Crippen LogP contribution in [0.4, 0.5) is 10.1 Å². The minimum atomic E-state index is -1.02. The number of para-hydroxylation sites is 1. The largest absolute Gasteiger partial charge is 0.493 e. The molecule has 1 heterocycles. The van der Waals surface area contributed by atoms with Crippen LogP contribution in [0.25, 0.3) is 10.9 Å². The number of aromatic nitrogens is 1. The number of ketones is 1. The van der Waals surface area contributed by atoms with Crippen LogP contribution in [-0.4, -0.2) is 42.5 Å². The smallest absolute Gasteiger partial charge is 0.338 e. The molecule has 0 fully saturated rings. The van der Waals surface area contributed by atoms with Crippen molar-refractivity contribution in [3.63, 3.8) is 0 Å². The summed E-state index contributed by atoms with van der Waals surface area (Å²) < 4.78 is 29.2. The van der Waals surface area contributed by atoms with Crippen molar-refractivity contribution < 1.29 is 33.0 Å². The fraction of sp³-hybridized carbons (Fsp3) is 0.148. The first kappa shape index (κ1) is 24.5. The lowest BCUT2D eigenvalue weighted by Gasteiger charge is -2.14. The molecule has 1 aromatic heterocycles. The fourth-order valence-electron chi connectivity index (χ4n) is 3.56. The first-order valence-electron chi connectivity index (χ1n) is 11.0. The van der Waals surface area contributed by atoms with Gasteiger partial charge in [-0.05, 0) is 55.5 Å². The van der Waals surface area contributed by atoms with E-state index in [1.165, 1.54) is 56.5 Å². The molecule has 2 N–H and O–H groups in total. The SMILES string of the molecule is COc1cc(C(=O)O[C@@H](C)C(=O)c2c[nH]c3ccccc23)ccc1OCC(=O)Nc1ccc(F)cc1. The zero-order valence-corrected chi connectivity index (χ0v) is 19.5. The first-order valence-corrected chi connectivity index (χ1v) is 11.0. The van der Waals surface area contributed by atoms with E-state index in [9.17, 15) is 18.8 Å². The highest BCUT2D eigenvalue weighted by Crippen LogP contribution is 2.29. The van der Waals surface area contributed by atoms with E-state index < -0.39 is 23.8 Å². The second kappa shape index (κ2) is 10.7. The quantitative estimate of drug-likeness (QED) is 0.259. The summed E-state index contributed by atoms with van der Waals surface area (Å²) in [6.07, 6.45) is 0.576. The van der Waals surface area contributed by atoms with E-state index in [1.807, 2.05) is 24.3 Å². The molecule has 0 saturated heterocycles. The van der Waals surface area contributed by atoms with Gasteiger partial charge in [0.25, 0.3) is 5.91 Å². The number of amides is 1. The molecule has 4 aromatic rings. The Hall–Kier alpha value is -4.66. The number of nitrogens with one attached hydrogen (secondary N) is 2. The Morgan fingerprint density at radius 2 is 1.75 bits per heavy atom.